The fraction of sp³-hybridized carbons (Fsp3) is 0.286. The van der Waals surface area contributed by atoms with E-state index in [0.29, 0.717) is 17.1 Å². The molecule has 146 valence electrons. The van der Waals surface area contributed by atoms with E-state index in [1.54, 1.807) is 30.5 Å². The predicted molar refractivity (Wildman–Crippen MR) is 109 cm³/mol. The van der Waals surface area contributed by atoms with Crippen molar-refractivity contribution in [1.29, 1.82) is 0 Å². The number of methoxy groups -OCH3 is 1. The van der Waals surface area contributed by atoms with Crippen LogP contribution in [0.2, 0.25) is 0 Å². The first kappa shape index (κ1) is 18.6. The number of benzene rings is 2. The molecule has 6 nitrogen and oxygen atoms in total. The van der Waals surface area contributed by atoms with Crippen LogP contribution in [-0.4, -0.2) is 25.3 Å². The van der Waals surface area contributed by atoms with Crippen LogP contribution in [0.3, 0.4) is 0 Å². The quantitative estimate of drug-likeness (QED) is 0.666. The van der Waals surface area contributed by atoms with E-state index in [4.69, 9.17) is 4.74 Å². The van der Waals surface area contributed by atoms with Crippen molar-refractivity contribution in [1.82, 2.24) is 9.78 Å². The van der Waals surface area contributed by atoms with Crippen LogP contribution >= 0.6 is 0 Å². The van der Waals surface area contributed by atoms with Gasteiger partial charge in [-0.25, -0.2) is 8.42 Å². The van der Waals surface area contributed by atoms with Gasteiger partial charge >= 0.3 is 0 Å². The highest BCUT2D eigenvalue weighted by atomic mass is 32.2. The van der Waals surface area contributed by atoms with Gasteiger partial charge in [0, 0.05) is 11.8 Å². The number of hydrogen-bond donors (Lipinski definition) is 1. The van der Waals surface area contributed by atoms with Gasteiger partial charge in [0.1, 0.15) is 16.3 Å². The molecule has 0 atom stereocenters. The molecule has 1 aliphatic carbocycles. The maximum absolute atomic E-state index is 13.3. The van der Waals surface area contributed by atoms with Gasteiger partial charge in [0.15, 0.2) is 0 Å². The topological polar surface area (TPSA) is 73.2 Å². The Morgan fingerprint density at radius 3 is 2.43 bits per heavy atom. The molecule has 0 saturated heterocycles. The SMILES string of the molecule is COc1ccccc1NS(=O)(=O)c1cn(C2CCCC2)nc1-c1ccccc1. The highest BCUT2D eigenvalue weighted by Gasteiger charge is 2.27. The van der Waals surface area contributed by atoms with E-state index < -0.39 is 10.0 Å². The zero-order valence-corrected chi connectivity index (χ0v) is 16.5. The van der Waals surface area contributed by atoms with Crippen LogP contribution in [0.15, 0.2) is 65.7 Å². The van der Waals surface area contributed by atoms with Crippen LogP contribution < -0.4 is 9.46 Å². The van der Waals surface area contributed by atoms with Crippen molar-refractivity contribution in [2.45, 2.75) is 36.6 Å². The second-order valence-electron chi connectivity index (χ2n) is 6.93. The van der Waals surface area contributed by atoms with E-state index in [-0.39, 0.29) is 10.9 Å². The molecule has 1 aromatic heterocycles. The fourth-order valence-electron chi connectivity index (χ4n) is 3.65. The number of aromatic nitrogens is 2. The first-order valence-electron chi connectivity index (χ1n) is 9.39. The van der Waals surface area contributed by atoms with Crippen molar-refractivity contribution >= 4 is 15.7 Å². The highest BCUT2D eigenvalue weighted by Crippen LogP contribution is 2.34. The van der Waals surface area contributed by atoms with Gasteiger partial charge in [-0.2, -0.15) is 5.10 Å². The summed E-state index contributed by atoms with van der Waals surface area (Å²) >= 11 is 0. The lowest BCUT2D eigenvalue weighted by molar-refractivity contribution is 0.417. The Balaban J connectivity index is 1.78. The zero-order valence-electron chi connectivity index (χ0n) is 15.7. The normalized spacial score (nSPS) is 14.9. The minimum Gasteiger partial charge on any atom is -0.495 e. The molecular formula is C21H23N3O3S. The molecule has 1 heterocycles. The van der Waals surface area contributed by atoms with Gasteiger partial charge in [-0.15, -0.1) is 0 Å². The third kappa shape index (κ3) is 3.62. The van der Waals surface area contributed by atoms with Crippen molar-refractivity contribution in [2.24, 2.45) is 0 Å². The molecule has 28 heavy (non-hydrogen) atoms. The lowest BCUT2D eigenvalue weighted by Crippen LogP contribution is -2.14. The Hall–Kier alpha value is -2.80. The maximum atomic E-state index is 13.3. The molecule has 3 aromatic rings. The maximum Gasteiger partial charge on any atom is 0.265 e. The highest BCUT2D eigenvalue weighted by molar-refractivity contribution is 7.92. The molecular weight excluding hydrogens is 374 g/mol. The molecule has 0 unspecified atom stereocenters. The van der Waals surface area contributed by atoms with Crippen LogP contribution in [0.25, 0.3) is 11.3 Å². The molecule has 0 spiro atoms. The molecule has 1 aliphatic rings. The lowest BCUT2D eigenvalue weighted by atomic mass is 10.2. The number of nitrogens with one attached hydrogen (secondary N) is 1. The molecule has 0 amide bonds. The van der Waals surface area contributed by atoms with Crippen LogP contribution in [-0.2, 0) is 10.0 Å². The summed E-state index contributed by atoms with van der Waals surface area (Å²) in [6.07, 6.45) is 6.00. The van der Waals surface area contributed by atoms with Crippen molar-refractivity contribution in [3.8, 4) is 17.0 Å². The largest absolute Gasteiger partial charge is 0.495 e. The van der Waals surface area contributed by atoms with Crippen molar-refractivity contribution in [2.75, 3.05) is 11.8 Å². The number of hydrogen-bond acceptors (Lipinski definition) is 4. The Kier molecular flexibility index (Phi) is 5.09. The fourth-order valence-corrected chi connectivity index (χ4v) is 4.88. The minimum atomic E-state index is -3.85. The Labute approximate surface area is 165 Å². The van der Waals surface area contributed by atoms with Gasteiger partial charge in [0.05, 0.1) is 18.8 Å². The molecule has 0 aliphatic heterocycles. The van der Waals surface area contributed by atoms with Gasteiger partial charge in [0.2, 0.25) is 0 Å². The summed E-state index contributed by atoms with van der Waals surface area (Å²) < 4.78 is 36.3. The van der Waals surface area contributed by atoms with E-state index in [2.05, 4.69) is 9.82 Å². The van der Waals surface area contributed by atoms with Gasteiger partial charge < -0.3 is 4.74 Å². The smallest absolute Gasteiger partial charge is 0.265 e. The molecule has 1 fully saturated rings. The summed E-state index contributed by atoms with van der Waals surface area (Å²) in [5, 5.41) is 4.68. The second-order valence-corrected chi connectivity index (χ2v) is 8.58. The summed E-state index contributed by atoms with van der Waals surface area (Å²) in [5.74, 6) is 0.468. The molecule has 1 N–H and O–H groups in total. The third-order valence-corrected chi connectivity index (χ3v) is 6.45. The van der Waals surface area contributed by atoms with Crippen molar-refractivity contribution < 1.29 is 13.2 Å². The predicted octanol–water partition coefficient (Wildman–Crippen LogP) is 4.47. The van der Waals surface area contributed by atoms with E-state index >= 15 is 0 Å². The number of rotatable bonds is 6. The van der Waals surface area contributed by atoms with Gasteiger partial charge in [0.25, 0.3) is 10.0 Å². The first-order valence-corrected chi connectivity index (χ1v) is 10.9. The Morgan fingerprint density at radius 2 is 1.71 bits per heavy atom. The van der Waals surface area contributed by atoms with Crippen LogP contribution in [0.4, 0.5) is 5.69 Å². The van der Waals surface area contributed by atoms with Gasteiger partial charge in [-0.3, -0.25) is 9.40 Å². The van der Waals surface area contributed by atoms with Crippen molar-refractivity contribution in [3.63, 3.8) is 0 Å². The van der Waals surface area contributed by atoms with Crippen LogP contribution in [0.1, 0.15) is 31.7 Å². The van der Waals surface area contributed by atoms with E-state index in [0.717, 1.165) is 31.2 Å². The number of nitrogens with zero attached hydrogens (tertiary/aromatic N) is 2. The molecule has 0 bridgehead atoms. The number of para-hydroxylation sites is 2. The number of anilines is 1. The van der Waals surface area contributed by atoms with Crippen molar-refractivity contribution in [3.05, 3.63) is 60.8 Å². The summed E-state index contributed by atoms with van der Waals surface area (Å²) in [5.41, 5.74) is 1.65. The van der Waals surface area contributed by atoms with Gasteiger partial charge in [-0.05, 0) is 25.0 Å². The van der Waals surface area contributed by atoms with E-state index in [9.17, 15) is 8.42 Å². The van der Waals surface area contributed by atoms with E-state index in [1.807, 2.05) is 35.0 Å². The average molecular weight is 398 g/mol. The summed E-state index contributed by atoms with van der Waals surface area (Å²) in [7, 11) is -2.33. The van der Waals surface area contributed by atoms with Gasteiger partial charge in [-0.1, -0.05) is 55.3 Å². The molecule has 2 aromatic carbocycles. The Bertz CT molecular complexity index is 1060. The minimum absolute atomic E-state index is 0.177. The standard InChI is InChI=1S/C21H23N3O3S/c1-27-19-14-8-7-13-18(19)23-28(25,26)20-15-24(17-11-5-6-12-17)22-21(20)16-9-3-2-4-10-16/h2-4,7-10,13-15,17,23H,5-6,11-12H2,1H3. The van der Waals surface area contributed by atoms with Crippen LogP contribution in [0, 0.1) is 0 Å². The summed E-state index contributed by atoms with van der Waals surface area (Å²) in [6.45, 7) is 0. The number of sulfonamides is 1. The summed E-state index contributed by atoms with van der Waals surface area (Å²) in [4.78, 5) is 0.177. The van der Waals surface area contributed by atoms with Crippen LogP contribution in [0.5, 0.6) is 5.75 Å². The van der Waals surface area contributed by atoms with E-state index in [1.165, 1.54) is 7.11 Å². The molecule has 7 heteroatoms. The molecule has 1 saturated carbocycles. The molecule has 0 radical (unpaired) electrons. The Morgan fingerprint density at radius 1 is 1.04 bits per heavy atom. The summed E-state index contributed by atoms with van der Waals surface area (Å²) in [6, 6.07) is 16.6. The monoisotopic (exact) mass is 397 g/mol. The number of ether oxygens (including phenoxy) is 1. The lowest BCUT2D eigenvalue weighted by Gasteiger charge is -2.11. The third-order valence-electron chi connectivity index (χ3n) is 5.09. The zero-order chi connectivity index (χ0) is 19.6. The molecule has 4 rings (SSSR count). The average Bonchev–Trinajstić information content (AvgIpc) is 3.39. The first-order chi connectivity index (χ1) is 13.6. The second kappa shape index (κ2) is 7.67.